The fourth-order valence-electron chi connectivity index (χ4n) is 4.67. The maximum Gasteiger partial charge on any atom is 0.279 e. The standard InChI is InChI=1S/C29H34N4O3/c1-20(2)21-9-11-22(12-10-21)27(28(34)32-23-7-5-4-6-8-23)33(24-13-15-25(36-3)16-14-24)29(35)26-19-30-17-18-31-26/h9-20,23,27H,4-8H2,1-3H3,(H,32,34)/t27-/m1/s1. The van der Waals surface area contributed by atoms with Gasteiger partial charge in [0.05, 0.1) is 13.3 Å². The average molecular weight is 487 g/mol. The topological polar surface area (TPSA) is 84.4 Å². The minimum absolute atomic E-state index is 0.105. The molecule has 1 atom stereocenters. The lowest BCUT2D eigenvalue weighted by molar-refractivity contribution is -0.123. The Morgan fingerprint density at radius 2 is 1.61 bits per heavy atom. The van der Waals surface area contributed by atoms with Crippen molar-refractivity contribution in [2.75, 3.05) is 12.0 Å². The average Bonchev–Trinajstić information content (AvgIpc) is 2.92. The van der Waals surface area contributed by atoms with E-state index in [2.05, 4.69) is 29.1 Å². The van der Waals surface area contributed by atoms with Crippen molar-refractivity contribution < 1.29 is 14.3 Å². The molecular formula is C29H34N4O3. The minimum Gasteiger partial charge on any atom is -0.497 e. The van der Waals surface area contributed by atoms with Gasteiger partial charge in [-0.3, -0.25) is 19.5 Å². The summed E-state index contributed by atoms with van der Waals surface area (Å²) in [7, 11) is 1.59. The molecule has 7 heteroatoms. The van der Waals surface area contributed by atoms with Crippen LogP contribution in [0.4, 0.5) is 5.69 Å². The Hall–Kier alpha value is -3.74. The molecule has 0 radical (unpaired) electrons. The Morgan fingerprint density at radius 3 is 2.19 bits per heavy atom. The molecule has 0 unspecified atom stereocenters. The number of ether oxygens (including phenoxy) is 1. The largest absolute Gasteiger partial charge is 0.497 e. The van der Waals surface area contributed by atoms with Gasteiger partial charge in [0.2, 0.25) is 5.91 Å². The van der Waals surface area contributed by atoms with E-state index in [-0.39, 0.29) is 17.6 Å². The van der Waals surface area contributed by atoms with Gasteiger partial charge in [0, 0.05) is 24.1 Å². The van der Waals surface area contributed by atoms with E-state index in [1.165, 1.54) is 35.5 Å². The van der Waals surface area contributed by atoms with Gasteiger partial charge in [-0.1, -0.05) is 57.4 Å². The van der Waals surface area contributed by atoms with Gasteiger partial charge in [-0.15, -0.1) is 0 Å². The zero-order chi connectivity index (χ0) is 25.5. The summed E-state index contributed by atoms with van der Waals surface area (Å²) in [6.45, 7) is 4.26. The fraction of sp³-hybridized carbons (Fsp3) is 0.379. The van der Waals surface area contributed by atoms with Gasteiger partial charge in [0.1, 0.15) is 17.5 Å². The summed E-state index contributed by atoms with van der Waals surface area (Å²) in [6.07, 6.45) is 9.71. The summed E-state index contributed by atoms with van der Waals surface area (Å²) in [5, 5.41) is 3.24. The summed E-state index contributed by atoms with van der Waals surface area (Å²) in [6, 6.07) is 14.3. The Morgan fingerprint density at radius 1 is 0.944 bits per heavy atom. The number of aromatic nitrogens is 2. The second-order valence-corrected chi connectivity index (χ2v) is 9.53. The summed E-state index contributed by atoms with van der Waals surface area (Å²) in [5.74, 6) is 0.417. The lowest BCUT2D eigenvalue weighted by atomic mass is 9.94. The number of amides is 2. The van der Waals surface area contributed by atoms with E-state index in [1.807, 2.05) is 24.3 Å². The number of rotatable bonds is 8. The number of hydrogen-bond donors (Lipinski definition) is 1. The lowest BCUT2D eigenvalue weighted by Crippen LogP contribution is -2.47. The van der Waals surface area contributed by atoms with Gasteiger partial charge >= 0.3 is 0 Å². The zero-order valence-corrected chi connectivity index (χ0v) is 21.2. The van der Waals surface area contributed by atoms with Crippen molar-refractivity contribution in [2.45, 2.75) is 64.0 Å². The molecule has 7 nitrogen and oxygen atoms in total. The first kappa shape index (κ1) is 25.4. The Labute approximate surface area is 212 Å². The predicted octanol–water partition coefficient (Wildman–Crippen LogP) is 5.45. The smallest absolute Gasteiger partial charge is 0.279 e. The normalized spacial score (nSPS) is 14.8. The monoisotopic (exact) mass is 486 g/mol. The van der Waals surface area contributed by atoms with Gasteiger partial charge in [0.15, 0.2) is 0 Å². The van der Waals surface area contributed by atoms with Crippen LogP contribution in [0.2, 0.25) is 0 Å². The van der Waals surface area contributed by atoms with Crippen LogP contribution in [0, 0.1) is 0 Å². The number of hydrogen-bond acceptors (Lipinski definition) is 5. The summed E-state index contributed by atoms with van der Waals surface area (Å²) >= 11 is 0. The molecular weight excluding hydrogens is 452 g/mol. The number of methoxy groups -OCH3 is 1. The first-order chi connectivity index (χ1) is 17.5. The summed E-state index contributed by atoms with van der Waals surface area (Å²) in [4.78, 5) is 37.7. The van der Waals surface area contributed by atoms with Crippen LogP contribution in [0.3, 0.4) is 0 Å². The highest BCUT2D eigenvalue weighted by Crippen LogP contribution is 2.32. The van der Waals surface area contributed by atoms with Gasteiger partial charge in [0.25, 0.3) is 5.91 Å². The number of carbonyl (C=O) groups is 2. The predicted molar refractivity (Wildman–Crippen MR) is 140 cm³/mol. The van der Waals surface area contributed by atoms with Crippen LogP contribution in [-0.4, -0.2) is 34.9 Å². The molecule has 0 spiro atoms. The molecule has 1 saturated carbocycles. The number of nitrogens with one attached hydrogen (secondary N) is 1. The fourth-order valence-corrected chi connectivity index (χ4v) is 4.67. The second kappa shape index (κ2) is 11.8. The van der Waals surface area contributed by atoms with Crippen molar-refractivity contribution in [3.05, 3.63) is 83.9 Å². The molecule has 1 heterocycles. The van der Waals surface area contributed by atoms with E-state index in [0.717, 1.165) is 31.2 Å². The van der Waals surface area contributed by atoms with Crippen LogP contribution >= 0.6 is 0 Å². The number of nitrogens with zero attached hydrogens (tertiary/aromatic N) is 3. The first-order valence-corrected chi connectivity index (χ1v) is 12.6. The van der Waals surface area contributed by atoms with Gasteiger partial charge in [-0.25, -0.2) is 4.98 Å². The first-order valence-electron chi connectivity index (χ1n) is 12.6. The van der Waals surface area contributed by atoms with Crippen LogP contribution in [0.5, 0.6) is 5.75 Å². The van der Waals surface area contributed by atoms with Crippen molar-refractivity contribution in [3.63, 3.8) is 0 Å². The van der Waals surface area contributed by atoms with Gasteiger partial charge in [-0.2, -0.15) is 0 Å². The molecule has 1 aliphatic carbocycles. The maximum absolute atomic E-state index is 13.9. The molecule has 2 aromatic carbocycles. The molecule has 3 aromatic rings. The van der Waals surface area contributed by atoms with E-state index in [1.54, 1.807) is 31.4 Å². The third kappa shape index (κ3) is 5.90. The SMILES string of the molecule is COc1ccc(N(C(=O)c2cnccn2)[C@@H](C(=O)NC2CCCCC2)c2ccc(C(C)C)cc2)cc1. The highest BCUT2D eigenvalue weighted by Gasteiger charge is 2.35. The van der Waals surface area contributed by atoms with Crippen molar-refractivity contribution in [2.24, 2.45) is 0 Å². The molecule has 0 aliphatic heterocycles. The van der Waals surface area contributed by atoms with Gasteiger partial charge in [-0.05, 0) is 54.2 Å². The highest BCUT2D eigenvalue weighted by atomic mass is 16.5. The highest BCUT2D eigenvalue weighted by molar-refractivity contribution is 6.09. The number of carbonyl (C=O) groups excluding carboxylic acids is 2. The number of benzene rings is 2. The third-order valence-electron chi connectivity index (χ3n) is 6.73. The van der Waals surface area contributed by atoms with Crippen molar-refractivity contribution in [1.29, 1.82) is 0 Å². The second-order valence-electron chi connectivity index (χ2n) is 9.53. The molecule has 0 saturated heterocycles. The van der Waals surface area contributed by atoms with E-state index in [9.17, 15) is 9.59 Å². The Bertz CT molecular complexity index is 1140. The Balaban J connectivity index is 1.80. The van der Waals surface area contributed by atoms with E-state index in [4.69, 9.17) is 4.74 Å². The number of anilines is 1. The van der Waals surface area contributed by atoms with E-state index < -0.39 is 11.9 Å². The summed E-state index contributed by atoms with van der Waals surface area (Å²) in [5.41, 5.74) is 2.65. The molecule has 1 N–H and O–H groups in total. The van der Waals surface area contributed by atoms with Crippen molar-refractivity contribution in [3.8, 4) is 5.75 Å². The molecule has 1 aromatic heterocycles. The van der Waals surface area contributed by atoms with Crippen LogP contribution < -0.4 is 15.0 Å². The maximum atomic E-state index is 13.9. The minimum atomic E-state index is -0.879. The molecule has 36 heavy (non-hydrogen) atoms. The van der Waals surface area contributed by atoms with Crippen LogP contribution in [0.15, 0.2) is 67.1 Å². The molecule has 1 aliphatic rings. The third-order valence-corrected chi connectivity index (χ3v) is 6.73. The van der Waals surface area contributed by atoms with Gasteiger partial charge < -0.3 is 10.1 Å². The molecule has 2 amide bonds. The molecule has 0 bridgehead atoms. The molecule has 4 rings (SSSR count). The molecule has 188 valence electrons. The van der Waals surface area contributed by atoms with E-state index in [0.29, 0.717) is 17.4 Å². The zero-order valence-electron chi connectivity index (χ0n) is 21.2. The van der Waals surface area contributed by atoms with Crippen LogP contribution in [0.25, 0.3) is 0 Å². The summed E-state index contributed by atoms with van der Waals surface area (Å²) < 4.78 is 5.32. The van der Waals surface area contributed by atoms with Crippen molar-refractivity contribution in [1.82, 2.24) is 15.3 Å². The molecule has 1 fully saturated rings. The van der Waals surface area contributed by atoms with Crippen LogP contribution in [0.1, 0.15) is 79.5 Å². The lowest BCUT2D eigenvalue weighted by Gasteiger charge is -2.33. The van der Waals surface area contributed by atoms with Crippen molar-refractivity contribution >= 4 is 17.5 Å². The van der Waals surface area contributed by atoms with E-state index >= 15 is 0 Å². The quantitative estimate of drug-likeness (QED) is 0.458. The Kier molecular flexibility index (Phi) is 8.31. The van der Waals surface area contributed by atoms with Crippen LogP contribution in [-0.2, 0) is 4.79 Å².